The van der Waals surface area contributed by atoms with Crippen LogP contribution in [0.4, 0.5) is 5.69 Å². The molecule has 0 fully saturated rings. The molecule has 2 aromatic rings. The van der Waals surface area contributed by atoms with Crippen LogP contribution >= 0.6 is 11.6 Å². The zero-order valence-corrected chi connectivity index (χ0v) is 16.7. The molecule has 0 radical (unpaired) electrons. The predicted octanol–water partition coefficient (Wildman–Crippen LogP) is 3.88. The Morgan fingerprint density at radius 3 is 2.71 bits per heavy atom. The summed E-state index contributed by atoms with van der Waals surface area (Å²) in [6, 6.07) is 7.12. The lowest BCUT2D eigenvalue weighted by Crippen LogP contribution is -2.29. The van der Waals surface area contributed by atoms with Crippen LogP contribution in [0.5, 0.6) is 5.75 Å². The third-order valence-corrected chi connectivity index (χ3v) is 4.52. The Hall–Kier alpha value is -2.58. The first kappa shape index (κ1) is 21.7. The number of non-ortho nitro benzene ring substituents is 1. The standard InChI is InChI=1S/C19H24ClN3O5/c1-3-22(4-2)11-5-10-21-19(24)17-9-7-15(28-17)13-27-18-12-14(23(25)26)6-8-16(18)20/h6-9,12H,3-5,10-11,13H2,1-2H3,(H,21,24). The predicted molar refractivity (Wildman–Crippen MR) is 106 cm³/mol. The average molecular weight is 410 g/mol. The second-order valence-corrected chi connectivity index (χ2v) is 6.47. The van der Waals surface area contributed by atoms with Crippen molar-refractivity contribution < 1.29 is 18.9 Å². The molecule has 2 rings (SSSR count). The normalized spacial score (nSPS) is 10.9. The quantitative estimate of drug-likeness (QED) is 0.343. The van der Waals surface area contributed by atoms with E-state index in [-0.39, 0.29) is 34.7 Å². The SMILES string of the molecule is CCN(CC)CCCNC(=O)c1ccc(COc2cc([N+](=O)[O-])ccc2Cl)o1. The highest BCUT2D eigenvalue weighted by molar-refractivity contribution is 6.32. The number of hydrogen-bond donors (Lipinski definition) is 1. The van der Waals surface area contributed by atoms with E-state index in [1.54, 1.807) is 12.1 Å². The minimum Gasteiger partial charge on any atom is -0.484 e. The lowest BCUT2D eigenvalue weighted by atomic mass is 10.3. The van der Waals surface area contributed by atoms with Gasteiger partial charge in [0.05, 0.1) is 16.0 Å². The summed E-state index contributed by atoms with van der Waals surface area (Å²) in [5, 5.41) is 13.9. The van der Waals surface area contributed by atoms with Gasteiger partial charge in [-0.15, -0.1) is 0 Å². The van der Waals surface area contributed by atoms with Crippen LogP contribution in [0.2, 0.25) is 5.02 Å². The highest BCUT2D eigenvalue weighted by Gasteiger charge is 2.14. The summed E-state index contributed by atoms with van der Waals surface area (Å²) in [7, 11) is 0. The third kappa shape index (κ3) is 6.24. The number of nitrogens with one attached hydrogen (secondary N) is 1. The van der Waals surface area contributed by atoms with E-state index in [1.165, 1.54) is 18.2 Å². The lowest BCUT2D eigenvalue weighted by molar-refractivity contribution is -0.384. The number of benzene rings is 1. The number of carbonyl (C=O) groups is 1. The molecule has 0 aliphatic carbocycles. The van der Waals surface area contributed by atoms with Crippen LogP contribution in [-0.4, -0.2) is 41.9 Å². The molecule has 0 aliphatic heterocycles. The number of nitrogens with zero attached hydrogens (tertiary/aromatic N) is 2. The molecular weight excluding hydrogens is 386 g/mol. The average Bonchev–Trinajstić information content (AvgIpc) is 3.16. The molecule has 1 heterocycles. The van der Waals surface area contributed by atoms with Gasteiger partial charge in [0.2, 0.25) is 0 Å². The molecule has 28 heavy (non-hydrogen) atoms. The van der Waals surface area contributed by atoms with E-state index in [9.17, 15) is 14.9 Å². The van der Waals surface area contributed by atoms with Crippen LogP contribution in [-0.2, 0) is 6.61 Å². The lowest BCUT2D eigenvalue weighted by Gasteiger charge is -2.17. The van der Waals surface area contributed by atoms with Crippen LogP contribution in [0.15, 0.2) is 34.7 Å². The molecule has 0 spiro atoms. The monoisotopic (exact) mass is 409 g/mol. The number of nitro benzene ring substituents is 1. The Labute approximate surface area is 168 Å². The van der Waals surface area contributed by atoms with E-state index in [0.29, 0.717) is 12.3 Å². The van der Waals surface area contributed by atoms with Crippen LogP contribution in [0.1, 0.15) is 36.6 Å². The molecule has 0 atom stereocenters. The maximum atomic E-state index is 12.1. The van der Waals surface area contributed by atoms with Gasteiger partial charge in [-0.25, -0.2) is 0 Å². The molecule has 1 N–H and O–H groups in total. The second kappa shape index (κ2) is 10.7. The topological polar surface area (TPSA) is 97.9 Å². The maximum absolute atomic E-state index is 12.1. The summed E-state index contributed by atoms with van der Waals surface area (Å²) >= 11 is 5.99. The molecule has 152 valence electrons. The number of hydrogen-bond acceptors (Lipinski definition) is 6. The highest BCUT2D eigenvalue weighted by Crippen LogP contribution is 2.29. The van der Waals surface area contributed by atoms with Crippen LogP contribution in [0.3, 0.4) is 0 Å². The zero-order valence-electron chi connectivity index (χ0n) is 15.9. The molecule has 9 heteroatoms. The van der Waals surface area contributed by atoms with Crippen molar-refractivity contribution >= 4 is 23.2 Å². The van der Waals surface area contributed by atoms with Crippen molar-refractivity contribution in [1.82, 2.24) is 10.2 Å². The first-order valence-electron chi connectivity index (χ1n) is 9.10. The molecule has 0 aliphatic rings. The number of rotatable bonds is 11. The fourth-order valence-corrected chi connectivity index (χ4v) is 2.75. The minimum absolute atomic E-state index is 0.00384. The van der Waals surface area contributed by atoms with E-state index in [2.05, 4.69) is 24.1 Å². The Bertz CT molecular complexity index is 805. The Morgan fingerprint density at radius 1 is 1.29 bits per heavy atom. The number of amides is 1. The molecule has 1 amide bonds. The molecule has 8 nitrogen and oxygen atoms in total. The van der Waals surface area contributed by atoms with Crippen molar-refractivity contribution in [2.24, 2.45) is 0 Å². The van der Waals surface area contributed by atoms with Gasteiger partial charge in [0.25, 0.3) is 11.6 Å². The first-order chi connectivity index (χ1) is 13.4. The van der Waals surface area contributed by atoms with Gasteiger partial charge in [0.15, 0.2) is 5.76 Å². The smallest absolute Gasteiger partial charge is 0.286 e. The third-order valence-electron chi connectivity index (χ3n) is 4.21. The summed E-state index contributed by atoms with van der Waals surface area (Å²) in [5.41, 5.74) is -0.122. The summed E-state index contributed by atoms with van der Waals surface area (Å²) in [5.74, 6) is 0.483. The van der Waals surface area contributed by atoms with Gasteiger partial charge >= 0.3 is 0 Å². The van der Waals surface area contributed by atoms with Crippen LogP contribution in [0.25, 0.3) is 0 Å². The summed E-state index contributed by atoms with van der Waals surface area (Å²) in [6.07, 6.45) is 0.857. The van der Waals surface area contributed by atoms with E-state index in [1.807, 2.05) is 0 Å². The Balaban J connectivity index is 1.84. The first-order valence-corrected chi connectivity index (χ1v) is 9.48. The van der Waals surface area contributed by atoms with Gasteiger partial charge in [-0.3, -0.25) is 14.9 Å². The molecule has 1 aromatic carbocycles. The molecular formula is C19H24ClN3O5. The summed E-state index contributed by atoms with van der Waals surface area (Å²) in [4.78, 5) is 24.7. The van der Waals surface area contributed by atoms with E-state index < -0.39 is 4.92 Å². The van der Waals surface area contributed by atoms with E-state index in [0.717, 1.165) is 26.1 Å². The van der Waals surface area contributed by atoms with Gasteiger partial charge in [-0.05, 0) is 44.3 Å². The van der Waals surface area contributed by atoms with Crippen LogP contribution < -0.4 is 10.1 Å². The number of furan rings is 1. The van der Waals surface area contributed by atoms with Crippen molar-refractivity contribution in [3.63, 3.8) is 0 Å². The van der Waals surface area contributed by atoms with Gasteiger partial charge in [-0.1, -0.05) is 25.4 Å². The van der Waals surface area contributed by atoms with Gasteiger partial charge in [0.1, 0.15) is 18.1 Å². The Morgan fingerprint density at radius 2 is 2.04 bits per heavy atom. The van der Waals surface area contributed by atoms with Crippen LogP contribution in [0, 0.1) is 10.1 Å². The molecule has 0 bridgehead atoms. The summed E-state index contributed by atoms with van der Waals surface area (Å²) in [6.45, 7) is 7.67. The summed E-state index contributed by atoms with van der Waals surface area (Å²) < 4.78 is 11.0. The van der Waals surface area contributed by atoms with Crippen molar-refractivity contribution in [3.05, 3.63) is 57.0 Å². The fourth-order valence-electron chi connectivity index (χ4n) is 2.57. The minimum atomic E-state index is -0.529. The van der Waals surface area contributed by atoms with Gasteiger partial charge in [-0.2, -0.15) is 0 Å². The molecule has 0 saturated carbocycles. The van der Waals surface area contributed by atoms with E-state index in [4.69, 9.17) is 20.8 Å². The van der Waals surface area contributed by atoms with Gasteiger partial charge < -0.3 is 19.4 Å². The number of ether oxygens (including phenoxy) is 1. The maximum Gasteiger partial charge on any atom is 0.286 e. The Kier molecular flexibility index (Phi) is 8.28. The van der Waals surface area contributed by atoms with Crippen molar-refractivity contribution in [2.45, 2.75) is 26.9 Å². The number of nitro groups is 1. The van der Waals surface area contributed by atoms with E-state index >= 15 is 0 Å². The van der Waals surface area contributed by atoms with Crippen molar-refractivity contribution in [2.75, 3.05) is 26.2 Å². The molecule has 1 aromatic heterocycles. The fraction of sp³-hybridized carbons (Fsp3) is 0.421. The van der Waals surface area contributed by atoms with Gasteiger partial charge in [0, 0.05) is 12.6 Å². The number of halogens is 1. The largest absolute Gasteiger partial charge is 0.484 e. The molecule has 0 saturated heterocycles. The molecule has 0 unspecified atom stereocenters. The second-order valence-electron chi connectivity index (χ2n) is 6.06. The zero-order chi connectivity index (χ0) is 20.5. The van der Waals surface area contributed by atoms with Crippen molar-refractivity contribution in [3.8, 4) is 5.75 Å². The van der Waals surface area contributed by atoms with Crippen molar-refractivity contribution in [1.29, 1.82) is 0 Å². The highest BCUT2D eigenvalue weighted by atomic mass is 35.5. The number of carbonyl (C=O) groups excluding carboxylic acids is 1.